The molecule has 4 rings (SSSR count). The second kappa shape index (κ2) is 13.9. The summed E-state index contributed by atoms with van der Waals surface area (Å²) in [5.41, 5.74) is 5.72. The minimum atomic E-state index is -0.290. The molecule has 0 saturated heterocycles. The van der Waals surface area contributed by atoms with Crippen LogP contribution in [0.3, 0.4) is 0 Å². The third kappa shape index (κ3) is 6.66. The Morgan fingerprint density at radius 3 is 1.94 bits per heavy atom. The molecule has 4 aromatic rings. The summed E-state index contributed by atoms with van der Waals surface area (Å²) in [6.07, 6.45) is 1.89. The quantitative estimate of drug-likeness (QED) is 0.155. The van der Waals surface area contributed by atoms with Crippen molar-refractivity contribution < 1.29 is 19.1 Å². The van der Waals surface area contributed by atoms with Crippen molar-refractivity contribution in [1.29, 1.82) is 0 Å². The number of carbonyl (C=O) groups is 2. The van der Waals surface area contributed by atoms with Crippen molar-refractivity contribution in [2.24, 2.45) is 0 Å². The molecule has 0 bridgehead atoms. The first-order chi connectivity index (χ1) is 16.9. The standard InChI is InChI=1S/C14H17NO2.C12H13NO2.C2H5I/c1-4-10-9-12-11(14(16)17-3)7-6-8-13(12)15(10)5-2;1-3-8-7-10-9(12(14)15-2)5-4-6-11(10)13-8;1-2-3/h6-9H,4-5H2,1-3H3;4-7,13H,3H2,1-2H3;2H2,1H3. The van der Waals surface area contributed by atoms with Crippen LogP contribution < -0.4 is 0 Å². The van der Waals surface area contributed by atoms with E-state index < -0.39 is 0 Å². The molecule has 2 aromatic carbocycles. The third-order valence-corrected chi connectivity index (χ3v) is 5.62. The summed E-state index contributed by atoms with van der Waals surface area (Å²) in [5, 5.41) is 1.92. The van der Waals surface area contributed by atoms with Crippen molar-refractivity contribution in [3.8, 4) is 0 Å². The molecule has 0 aliphatic carbocycles. The number of halogens is 1. The predicted molar refractivity (Wildman–Crippen MR) is 152 cm³/mol. The molecule has 2 aromatic heterocycles. The van der Waals surface area contributed by atoms with Crippen molar-refractivity contribution in [3.05, 3.63) is 71.0 Å². The van der Waals surface area contributed by atoms with Crippen molar-refractivity contribution in [2.75, 3.05) is 18.6 Å². The highest BCUT2D eigenvalue weighted by atomic mass is 127. The Kier molecular flexibility index (Phi) is 11.3. The average Bonchev–Trinajstić information content (AvgIpc) is 3.49. The summed E-state index contributed by atoms with van der Waals surface area (Å²) in [6.45, 7) is 9.34. The number of esters is 2. The molecule has 7 heteroatoms. The first-order valence-corrected chi connectivity index (χ1v) is 13.4. The molecule has 0 unspecified atom stereocenters. The lowest BCUT2D eigenvalue weighted by Gasteiger charge is -2.06. The van der Waals surface area contributed by atoms with E-state index in [0.29, 0.717) is 11.1 Å². The van der Waals surface area contributed by atoms with Crippen LogP contribution in [-0.2, 0) is 28.9 Å². The molecule has 0 fully saturated rings. The second-order valence-electron chi connectivity index (χ2n) is 7.64. The van der Waals surface area contributed by atoms with Crippen molar-refractivity contribution in [1.82, 2.24) is 9.55 Å². The lowest BCUT2D eigenvalue weighted by Crippen LogP contribution is -2.02. The van der Waals surface area contributed by atoms with Gasteiger partial charge in [0.15, 0.2) is 0 Å². The molecule has 0 saturated carbocycles. The number of nitrogens with one attached hydrogen (secondary N) is 1. The lowest BCUT2D eigenvalue weighted by molar-refractivity contribution is 0.0594. The van der Waals surface area contributed by atoms with Gasteiger partial charge in [0, 0.05) is 39.7 Å². The van der Waals surface area contributed by atoms with E-state index in [1.165, 1.54) is 24.3 Å². The normalized spacial score (nSPS) is 10.3. The monoisotopic (exact) mass is 590 g/mol. The second-order valence-corrected chi connectivity index (χ2v) is 9.16. The number of carbonyl (C=O) groups excluding carboxylic acids is 2. The Morgan fingerprint density at radius 2 is 1.43 bits per heavy atom. The molecule has 0 aliphatic heterocycles. The number of H-pyrrole nitrogens is 1. The van der Waals surface area contributed by atoms with Crippen LogP contribution in [0.4, 0.5) is 0 Å². The van der Waals surface area contributed by atoms with Gasteiger partial charge in [0.1, 0.15) is 0 Å². The van der Waals surface area contributed by atoms with Crippen molar-refractivity contribution in [2.45, 2.75) is 47.1 Å². The molecule has 0 spiro atoms. The van der Waals surface area contributed by atoms with E-state index in [9.17, 15) is 9.59 Å². The van der Waals surface area contributed by atoms with Crippen LogP contribution in [0.25, 0.3) is 21.8 Å². The topological polar surface area (TPSA) is 73.3 Å². The number of alkyl halides is 1. The number of nitrogens with zero attached hydrogens (tertiary/aromatic N) is 1. The van der Waals surface area contributed by atoms with Gasteiger partial charge in [0.05, 0.1) is 25.3 Å². The van der Waals surface area contributed by atoms with Crippen LogP contribution in [-0.4, -0.2) is 40.1 Å². The number of aryl methyl sites for hydroxylation is 3. The summed E-state index contributed by atoms with van der Waals surface area (Å²) in [5.74, 6) is -0.561. The Hall–Kier alpha value is -2.81. The van der Waals surface area contributed by atoms with Gasteiger partial charge < -0.3 is 19.0 Å². The number of aromatic amines is 1. The lowest BCUT2D eigenvalue weighted by atomic mass is 10.1. The number of hydrogen-bond donors (Lipinski definition) is 1. The first-order valence-electron chi connectivity index (χ1n) is 11.8. The molecule has 35 heavy (non-hydrogen) atoms. The number of hydrogen-bond acceptors (Lipinski definition) is 4. The van der Waals surface area contributed by atoms with Crippen LogP contribution >= 0.6 is 22.6 Å². The fourth-order valence-electron chi connectivity index (χ4n) is 3.99. The van der Waals surface area contributed by atoms with Gasteiger partial charge in [-0.25, -0.2) is 9.59 Å². The number of methoxy groups -OCH3 is 2. The maximum Gasteiger partial charge on any atom is 0.338 e. The molecular formula is C28H35IN2O4. The van der Waals surface area contributed by atoms with Gasteiger partial charge in [-0.1, -0.05) is 55.5 Å². The van der Waals surface area contributed by atoms with Crippen LogP contribution in [0.15, 0.2) is 48.5 Å². The van der Waals surface area contributed by atoms with Crippen LogP contribution in [0.2, 0.25) is 0 Å². The first kappa shape index (κ1) is 28.4. The molecule has 188 valence electrons. The average molecular weight is 591 g/mol. The summed E-state index contributed by atoms with van der Waals surface area (Å²) in [4.78, 5) is 26.4. The highest BCUT2D eigenvalue weighted by Crippen LogP contribution is 2.25. The maximum atomic E-state index is 11.7. The van der Waals surface area contributed by atoms with Crippen LogP contribution in [0, 0.1) is 0 Å². The molecule has 0 aliphatic rings. The summed E-state index contributed by atoms with van der Waals surface area (Å²) in [6, 6.07) is 15.4. The van der Waals surface area contributed by atoms with E-state index in [4.69, 9.17) is 9.47 Å². The zero-order valence-electron chi connectivity index (χ0n) is 21.4. The van der Waals surface area contributed by atoms with E-state index in [0.717, 1.165) is 46.9 Å². The highest BCUT2D eigenvalue weighted by Gasteiger charge is 2.14. The van der Waals surface area contributed by atoms with E-state index in [1.807, 2.05) is 36.4 Å². The number of rotatable bonds is 5. The molecular weight excluding hydrogens is 555 g/mol. The van der Waals surface area contributed by atoms with Crippen LogP contribution in [0.5, 0.6) is 0 Å². The molecule has 1 N–H and O–H groups in total. The Labute approximate surface area is 221 Å². The van der Waals surface area contributed by atoms with E-state index in [1.54, 1.807) is 6.07 Å². The number of ether oxygens (including phenoxy) is 2. The van der Waals surface area contributed by atoms with Gasteiger partial charge >= 0.3 is 11.9 Å². The molecule has 0 atom stereocenters. The SMILES string of the molecule is CCI.CCc1cc2c(C(=O)OC)cccc2[nH]1.CCc1cc2c(C(=O)OC)cccc2n1CC. The molecule has 0 radical (unpaired) electrons. The maximum absolute atomic E-state index is 11.7. The number of fused-ring (bicyclic) bond motifs is 2. The Bertz CT molecular complexity index is 1270. The van der Waals surface area contributed by atoms with E-state index >= 15 is 0 Å². The van der Waals surface area contributed by atoms with Gasteiger partial charge in [-0.05, 0) is 60.6 Å². The summed E-state index contributed by atoms with van der Waals surface area (Å²) in [7, 11) is 2.81. The number of aromatic nitrogens is 2. The third-order valence-electron chi connectivity index (χ3n) is 5.62. The van der Waals surface area contributed by atoms with Crippen LogP contribution in [0.1, 0.15) is 59.8 Å². The van der Waals surface area contributed by atoms with Gasteiger partial charge in [-0.3, -0.25) is 0 Å². The van der Waals surface area contributed by atoms with Crippen molar-refractivity contribution >= 4 is 56.3 Å². The largest absolute Gasteiger partial charge is 0.465 e. The number of benzene rings is 2. The fraction of sp³-hybridized carbons (Fsp3) is 0.357. The zero-order valence-corrected chi connectivity index (χ0v) is 23.6. The Balaban J connectivity index is 0.000000223. The van der Waals surface area contributed by atoms with E-state index in [-0.39, 0.29) is 11.9 Å². The van der Waals surface area contributed by atoms with Gasteiger partial charge in [-0.2, -0.15) is 0 Å². The Morgan fingerprint density at radius 1 is 0.857 bits per heavy atom. The summed E-state index contributed by atoms with van der Waals surface area (Å²) < 4.78 is 13.0. The molecule has 6 nitrogen and oxygen atoms in total. The minimum Gasteiger partial charge on any atom is -0.465 e. The fourth-order valence-corrected chi connectivity index (χ4v) is 3.99. The van der Waals surface area contributed by atoms with Gasteiger partial charge in [0.25, 0.3) is 0 Å². The summed E-state index contributed by atoms with van der Waals surface area (Å²) >= 11 is 2.29. The van der Waals surface area contributed by atoms with E-state index in [2.05, 4.69) is 65.9 Å². The highest BCUT2D eigenvalue weighted by molar-refractivity contribution is 14.1. The smallest absolute Gasteiger partial charge is 0.338 e. The predicted octanol–water partition coefficient (Wildman–Crippen LogP) is 6.97. The van der Waals surface area contributed by atoms with Gasteiger partial charge in [-0.15, -0.1) is 0 Å². The van der Waals surface area contributed by atoms with Crippen molar-refractivity contribution in [3.63, 3.8) is 0 Å². The molecule has 0 amide bonds. The van der Waals surface area contributed by atoms with Gasteiger partial charge in [0.2, 0.25) is 0 Å². The minimum absolute atomic E-state index is 0.272. The zero-order chi connectivity index (χ0) is 26.0. The molecule has 2 heterocycles.